The molecular formula is C15H23ClN2O. The second-order valence-corrected chi connectivity index (χ2v) is 5.70. The SMILES string of the molecule is COc1c(C(C)N)cc(Cl)c(C)c1N1CCCCC1. The van der Waals surface area contributed by atoms with E-state index in [1.165, 1.54) is 19.3 Å². The summed E-state index contributed by atoms with van der Waals surface area (Å²) in [6, 6.07) is 1.85. The molecule has 3 nitrogen and oxygen atoms in total. The molecule has 0 radical (unpaired) electrons. The fourth-order valence-electron chi connectivity index (χ4n) is 2.78. The van der Waals surface area contributed by atoms with Crippen LogP contribution in [0.15, 0.2) is 6.07 Å². The van der Waals surface area contributed by atoms with Crippen molar-refractivity contribution in [1.29, 1.82) is 0 Å². The molecule has 0 aromatic heterocycles. The molecule has 2 rings (SSSR count). The van der Waals surface area contributed by atoms with Gasteiger partial charge >= 0.3 is 0 Å². The molecule has 0 spiro atoms. The maximum absolute atomic E-state index is 6.37. The van der Waals surface area contributed by atoms with Crippen molar-refractivity contribution in [1.82, 2.24) is 0 Å². The van der Waals surface area contributed by atoms with Crippen LogP contribution in [0.2, 0.25) is 5.02 Å². The van der Waals surface area contributed by atoms with Crippen molar-refractivity contribution < 1.29 is 4.74 Å². The first-order valence-electron chi connectivity index (χ1n) is 6.93. The maximum atomic E-state index is 6.37. The third kappa shape index (κ3) is 2.82. The van der Waals surface area contributed by atoms with Crippen LogP contribution in [0.1, 0.15) is 43.4 Å². The molecule has 2 N–H and O–H groups in total. The highest BCUT2D eigenvalue weighted by Gasteiger charge is 2.23. The number of halogens is 1. The van der Waals surface area contributed by atoms with Crippen molar-refractivity contribution in [2.24, 2.45) is 5.73 Å². The van der Waals surface area contributed by atoms with E-state index in [2.05, 4.69) is 11.8 Å². The van der Waals surface area contributed by atoms with Gasteiger partial charge < -0.3 is 15.4 Å². The molecule has 106 valence electrons. The summed E-state index contributed by atoms with van der Waals surface area (Å²) in [7, 11) is 1.71. The standard InChI is InChI=1S/C15H23ClN2O/c1-10-13(16)9-12(11(2)17)15(19-3)14(10)18-7-5-4-6-8-18/h9,11H,4-8,17H2,1-3H3. The number of hydrogen-bond donors (Lipinski definition) is 1. The van der Waals surface area contributed by atoms with E-state index in [4.69, 9.17) is 22.1 Å². The Kier molecular flexibility index (Phi) is 4.58. The molecule has 1 fully saturated rings. The summed E-state index contributed by atoms with van der Waals surface area (Å²) in [6.07, 6.45) is 3.75. The van der Waals surface area contributed by atoms with Gasteiger partial charge in [0.25, 0.3) is 0 Å². The number of anilines is 1. The number of methoxy groups -OCH3 is 1. The molecular weight excluding hydrogens is 260 g/mol. The Morgan fingerprint density at radius 2 is 1.95 bits per heavy atom. The lowest BCUT2D eigenvalue weighted by atomic mass is 10.0. The minimum absolute atomic E-state index is 0.0865. The molecule has 1 atom stereocenters. The second kappa shape index (κ2) is 6.02. The van der Waals surface area contributed by atoms with Crippen LogP contribution in [0.5, 0.6) is 5.75 Å². The predicted molar refractivity (Wildman–Crippen MR) is 81.4 cm³/mol. The van der Waals surface area contributed by atoms with Gasteiger partial charge in [-0.1, -0.05) is 11.6 Å². The van der Waals surface area contributed by atoms with Gasteiger partial charge in [0.15, 0.2) is 0 Å². The Hall–Kier alpha value is -0.930. The molecule has 1 aromatic rings. The van der Waals surface area contributed by atoms with Crippen LogP contribution in [-0.4, -0.2) is 20.2 Å². The predicted octanol–water partition coefficient (Wildman–Crippen LogP) is 3.67. The summed E-state index contributed by atoms with van der Waals surface area (Å²) in [4.78, 5) is 2.38. The van der Waals surface area contributed by atoms with E-state index in [0.717, 1.165) is 40.7 Å². The Morgan fingerprint density at radius 1 is 1.32 bits per heavy atom. The topological polar surface area (TPSA) is 38.5 Å². The minimum atomic E-state index is -0.0865. The van der Waals surface area contributed by atoms with Crippen molar-refractivity contribution in [3.63, 3.8) is 0 Å². The van der Waals surface area contributed by atoms with Gasteiger partial charge in [-0.05, 0) is 44.7 Å². The lowest BCUT2D eigenvalue weighted by Gasteiger charge is -2.33. The van der Waals surface area contributed by atoms with Crippen molar-refractivity contribution in [2.75, 3.05) is 25.1 Å². The lowest BCUT2D eigenvalue weighted by molar-refractivity contribution is 0.404. The fraction of sp³-hybridized carbons (Fsp3) is 0.600. The van der Waals surface area contributed by atoms with E-state index in [0.29, 0.717) is 0 Å². The van der Waals surface area contributed by atoms with E-state index >= 15 is 0 Å². The van der Waals surface area contributed by atoms with Crippen LogP contribution in [0.3, 0.4) is 0 Å². The summed E-state index contributed by atoms with van der Waals surface area (Å²) in [5.74, 6) is 0.888. The molecule has 1 aliphatic rings. The first kappa shape index (κ1) is 14.5. The molecule has 1 unspecified atom stereocenters. The van der Waals surface area contributed by atoms with Crippen LogP contribution in [0.4, 0.5) is 5.69 Å². The minimum Gasteiger partial charge on any atom is -0.494 e. The molecule has 19 heavy (non-hydrogen) atoms. The number of hydrogen-bond acceptors (Lipinski definition) is 3. The number of benzene rings is 1. The first-order valence-corrected chi connectivity index (χ1v) is 7.31. The Labute approximate surface area is 120 Å². The van der Waals surface area contributed by atoms with E-state index < -0.39 is 0 Å². The molecule has 0 amide bonds. The highest BCUT2D eigenvalue weighted by atomic mass is 35.5. The summed E-state index contributed by atoms with van der Waals surface area (Å²) >= 11 is 6.37. The van der Waals surface area contributed by atoms with Gasteiger partial charge in [0.2, 0.25) is 0 Å². The normalized spacial score (nSPS) is 17.4. The Balaban J connectivity index is 2.55. The lowest BCUT2D eigenvalue weighted by Crippen LogP contribution is -2.30. The zero-order chi connectivity index (χ0) is 14.0. The highest BCUT2D eigenvalue weighted by molar-refractivity contribution is 6.32. The largest absolute Gasteiger partial charge is 0.494 e. The quantitative estimate of drug-likeness (QED) is 0.919. The molecule has 1 aromatic carbocycles. The van der Waals surface area contributed by atoms with Gasteiger partial charge in [-0.3, -0.25) is 0 Å². The van der Waals surface area contributed by atoms with Crippen LogP contribution in [0.25, 0.3) is 0 Å². The van der Waals surface area contributed by atoms with Crippen molar-refractivity contribution in [2.45, 2.75) is 39.2 Å². The van der Waals surface area contributed by atoms with Gasteiger partial charge in [0, 0.05) is 29.7 Å². The zero-order valence-corrected chi connectivity index (χ0v) is 12.8. The Bertz CT molecular complexity index is 454. The summed E-state index contributed by atoms with van der Waals surface area (Å²) < 4.78 is 5.65. The molecule has 1 heterocycles. The molecule has 1 saturated heterocycles. The van der Waals surface area contributed by atoms with Gasteiger partial charge in [-0.15, -0.1) is 0 Å². The zero-order valence-electron chi connectivity index (χ0n) is 12.0. The van der Waals surface area contributed by atoms with Crippen molar-refractivity contribution in [3.8, 4) is 5.75 Å². The third-order valence-electron chi connectivity index (χ3n) is 3.84. The summed E-state index contributed by atoms with van der Waals surface area (Å²) in [6.45, 7) is 6.15. The number of nitrogens with zero attached hydrogens (tertiary/aromatic N) is 1. The van der Waals surface area contributed by atoms with E-state index in [9.17, 15) is 0 Å². The van der Waals surface area contributed by atoms with Crippen LogP contribution < -0.4 is 15.4 Å². The highest BCUT2D eigenvalue weighted by Crippen LogP contribution is 2.42. The van der Waals surface area contributed by atoms with E-state index in [1.807, 2.05) is 13.0 Å². The smallest absolute Gasteiger partial charge is 0.147 e. The number of ether oxygens (including phenoxy) is 1. The number of rotatable bonds is 3. The van der Waals surface area contributed by atoms with Crippen molar-refractivity contribution >= 4 is 17.3 Å². The summed E-state index contributed by atoms with van der Waals surface area (Å²) in [5, 5.41) is 0.772. The van der Waals surface area contributed by atoms with Gasteiger partial charge in [-0.2, -0.15) is 0 Å². The fourth-order valence-corrected chi connectivity index (χ4v) is 2.99. The third-order valence-corrected chi connectivity index (χ3v) is 4.23. The average Bonchev–Trinajstić information content (AvgIpc) is 2.41. The Morgan fingerprint density at radius 3 is 2.47 bits per heavy atom. The molecule has 0 bridgehead atoms. The van der Waals surface area contributed by atoms with Crippen molar-refractivity contribution in [3.05, 3.63) is 22.2 Å². The van der Waals surface area contributed by atoms with E-state index in [1.54, 1.807) is 7.11 Å². The van der Waals surface area contributed by atoms with E-state index in [-0.39, 0.29) is 6.04 Å². The first-order chi connectivity index (χ1) is 9.06. The second-order valence-electron chi connectivity index (χ2n) is 5.29. The van der Waals surface area contributed by atoms with Crippen LogP contribution in [0, 0.1) is 6.92 Å². The number of piperidine rings is 1. The van der Waals surface area contributed by atoms with Gasteiger partial charge in [-0.25, -0.2) is 0 Å². The molecule has 4 heteroatoms. The molecule has 0 saturated carbocycles. The van der Waals surface area contributed by atoms with Crippen LogP contribution >= 0.6 is 11.6 Å². The average molecular weight is 283 g/mol. The monoisotopic (exact) mass is 282 g/mol. The maximum Gasteiger partial charge on any atom is 0.147 e. The molecule has 1 aliphatic heterocycles. The van der Waals surface area contributed by atoms with Gasteiger partial charge in [0.1, 0.15) is 5.75 Å². The van der Waals surface area contributed by atoms with Gasteiger partial charge in [0.05, 0.1) is 12.8 Å². The van der Waals surface area contributed by atoms with Crippen LogP contribution in [-0.2, 0) is 0 Å². The summed E-state index contributed by atoms with van der Waals surface area (Å²) in [5.41, 5.74) is 9.25. The molecule has 0 aliphatic carbocycles. The number of nitrogens with two attached hydrogens (primary N) is 1.